The van der Waals surface area contributed by atoms with Crippen molar-refractivity contribution in [2.75, 3.05) is 18.6 Å². The highest BCUT2D eigenvalue weighted by Crippen LogP contribution is 2.32. The third-order valence-electron chi connectivity index (χ3n) is 4.77. The number of nitrogens with zero attached hydrogens (tertiary/aromatic N) is 3. The number of anilines is 1. The number of aromatic nitrogens is 2. The Labute approximate surface area is 157 Å². The fraction of sp³-hybridized carbons (Fsp3) is 0.238. The number of amides is 1. The smallest absolute Gasteiger partial charge is 0.278 e. The lowest BCUT2D eigenvalue weighted by molar-refractivity contribution is 0.0979. The first-order valence-corrected chi connectivity index (χ1v) is 8.88. The molecular weight excluding hydrogens is 345 g/mol. The highest BCUT2D eigenvalue weighted by atomic mass is 19.1. The van der Waals surface area contributed by atoms with Crippen LogP contribution in [-0.2, 0) is 6.42 Å². The first-order valence-electron chi connectivity index (χ1n) is 8.88. The van der Waals surface area contributed by atoms with Crippen molar-refractivity contribution in [1.29, 1.82) is 0 Å². The van der Waals surface area contributed by atoms with E-state index >= 15 is 0 Å². The average molecular weight is 365 g/mol. The number of carbonyl (C=O) groups excluding carboxylic acids is 1. The Morgan fingerprint density at radius 3 is 2.70 bits per heavy atom. The van der Waals surface area contributed by atoms with Crippen molar-refractivity contribution in [3.8, 4) is 11.4 Å². The lowest BCUT2D eigenvalue weighted by atomic mass is 9.98. The van der Waals surface area contributed by atoms with Crippen molar-refractivity contribution >= 4 is 11.6 Å². The summed E-state index contributed by atoms with van der Waals surface area (Å²) in [6, 6.07) is 12.5. The van der Waals surface area contributed by atoms with E-state index in [1.165, 1.54) is 11.0 Å². The molecule has 27 heavy (non-hydrogen) atoms. The fourth-order valence-electron chi connectivity index (χ4n) is 3.50. The highest BCUT2D eigenvalue weighted by Gasteiger charge is 2.28. The number of hydrogen-bond donors (Lipinski definition) is 0. The van der Waals surface area contributed by atoms with E-state index in [4.69, 9.17) is 4.74 Å². The third kappa shape index (κ3) is 3.18. The lowest BCUT2D eigenvalue weighted by Gasteiger charge is -2.29. The summed E-state index contributed by atoms with van der Waals surface area (Å²) in [7, 11) is 1.61. The number of ether oxygens (including phenoxy) is 1. The maximum atomic E-state index is 14.6. The van der Waals surface area contributed by atoms with Crippen LogP contribution in [0, 0.1) is 12.7 Å². The topological polar surface area (TPSA) is 47.4 Å². The van der Waals surface area contributed by atoms with Crippen LogP contribution in [0.15, 0.2) is 48.7 Å². The predicted octanol–water partition coefficient (Wildman–Crippen LogP) is 3.92. The molecule has 0 N–H and O–H groups in total. The molecule has 0 radical (unpaired) electrons. The number of aryl methyl sites for hydroxylation is 2. The Bertz CT molecular complexity index is 995. The fourth-order valence-corrected chi connectivity index (χ4v) is 3.50. The minimum atomic E-state index is -0.354. The molecule has 1 amide bonds. The summed E-state index contributed by atoms with van der Waals surface area (Å²) in [5, 5.41) is 4.39. The molecule has 0 spiro atoms. The van der Waals surface area contributed by atoms with Gasteiger partial charge in [0.25, 0.3) is 5.91 Å². The number of hydrogen-bond acceptors (Lipinski definition) is 3. The maximum absolute atomic E-state index is 14.6. The average Bonchev–Trinajstić information content (AvgIpc) is 3.17. The molecule has 4 rings (SSSR count). The van der Waals surface area contributed by atoms with Crippen LogP contribution < -0.4 is 9.64 Å². The molecule has 1 aliphatic rings. The van der Waals surface area contributed by atoms with E-state index in [1.807, 2.05) is 37.3 Å². The van der Waals surface area contributed by atoms with Crippen LogP contribution in [0.25, 0.3) is 5.69 Å². The first kappa shape index (κ1) is 17.3. The number of carbonyl (C=O) groups is 1. The van der Waals surface area contributed by atoms with E-state index in [0.29, 0.717) is 17.9 Å². The van der Waals surface area contributed by atoms with Gasteiger partial charge < -0.3 is 9.64 Å². The second kappa shape index (κ2) is 6.87. The molecule has 1 aromatic heterocycles. The summed E-state index contributed by atoms with van der Waals surface area (Å²) in [6.45, 7) is 2.35. The van der Waals surface area contributed by atoms with E-state index in [9.17, 15) is 9.18 Å². The summed E-state index contributed by atoms with van der Waals surface area (Å²) in [5.74, 6) is 0.108. The van der Waals surface area contributed by atoms with Gasteiger partial charge in [0.05, 0.1) is 18.5 Å². The molecule has 3 aromatic rings. The maximum Gasteiger partial charge on any atom is 0.278 e. The molecule has 0 fully saturated rings. The van der Waals surface area contributed by atoms with Crippen LogP contribution in [0.5, 0.6) is 5.75 Å². The second-order valence-corrected chi connectivity index (χ2v) is 6.66. The van der Waals surface area contributed by atoms with Crippen molar-refractivity contribution < 1.29 is 13.9 Å². The van der Waals surface area contributed by atoms with Gasteiger partial charge in [-0.25, -0.2) is 9.07 Å². The van der Waals surface area contributed by atoms with E-state index in [0.717, 1.165) is 35.4 Å². The van der Waals surface area contributed by atoms with Gasteiger partial charge in [-0.3, -0.25) is 4.79 Å². The van der Waals surface area contributed by atoms with Crippen LogP contribution in [0.4, 0.5) is 10.1 Å². The SMILES string of the molecule is COc1ccc(-n2ccc(C(=O)N3CCCc4cc(C)cc(F)c43)n2)cc1. The van der Waals surface area contributed by atoms with E-state index < -0.39 is 0 Å². The van der Waals surface area contributed by atoms with Gasteiger partial charge in [0.1, 0.15) is 11.6 Å². The lowest BCUT2D eigenvalue weighted by Crippen LogP contribution is -2.36. The molecule has 0 unspecified atom stereocenters. The molecule has 2 heterocycles. The molecule has 5 nitrogen and oxygen atoms in total. The van der Waals surface area contributed by atoms with Crippen molar-refractivity contribution in [2.45, 2.75) is 19.8 Å². The van der Waals surface area contributed by atoms with Gasteiger partial charge in [0.15, 0.2) is 5.69 Å². The van der Waals surface area contributed by atoms with Crippen molar-refractivity contribution in [2.24, 2.45) is 0 Å². The van der Waals surface area contributed by atoms with Crippen molar-refractivity contribution in [1.82, 2.24) is 9.78 Å². The summed E-state index contributed by atoms with van der Waals surface area (Å²) in [6.07, 6.45) is 3.31. The molecular formula is C21H20FN3O2. The molecule has 0 atom stereocenters. The Hall–Kier alpha value is -3.15. The minimum Gasteiger partial charge on any atom is -0.497 e. The third-order valence-corrected chi connectivity index (χ3v) is 4.77. The predicted molar refractivity (Wildman–Crippen MR) is 101 cm³/mol. The Kier molecular flexibility index (Phi) is 4.39. The first-order chi connectivity index (χ1) is 13.1. The molecule has 0 saturated heterocycles. The van der Waals surface area contributed by atoms with E-state index in [-0.39, 0.29) is 11.7 Å². The Morgan fingerprint density at radius 1 is 1.19 bits per heavy atom. The largest absolute Gasteiger partial charge is 0.497 e. The van der Waals surface area contributed by atoms with Crippen LogP contribution >= 0.6 is 0 Å². The zero-order valence-electron chi connectivity index (χ0n) is 15.3. The zero-order chi connectivity index (χ0) is 19.0. The molecule has 2 aromatic carbocycles. The van der Waals surface area contributed by atoms with Gasteiger partial charge in [-0.1, -0.05) is 6.07 Å². The minimum absolute atomic E-state index is 0.286. The number of halogens is 1. The number of benzene rings is 2. The summed E-state index contributed by atoms with van der Waals surface area (Å²) >= 11 is 0. The summed E-state index contributed by atoms with van der Waals surface area (Å²) in [5.41, 5.74) is 3.23. The second-order valence-electron chi connectivity index (χ2n) is 6.66. The normalized spacial score (nSPS) is 13.4. The molecule has 138 valence electrons. The van der Waals surface area contributed by atoms with Crippen molar-refractivity contribution in [3.63, 3.8) is 0 Å². The van der Waals surface area contributed by atoms with E-state index in [1.54, 1.807) is 24.1 Å². The van der Waals surface area contributed by atoms with Crippen LogP contribution in [0.1, 0.15) is 28.0 Å². The zero-order valence-corrected chi connectivity index (χ0v) is 15.3. The van der Waals surface area contributed by atoms with E-state index in [2.05, 4.69) is 5.10 Å². The highest BCUT2D eigenvalue weighted by molar-refractivity contribution is 6.05. The van der Waals surface area contributed by atoms with Gasteiger partial charge in [0.2, 0.25) is 0 Å². The number of fused-ring (bicyclic) bond motifs is 1. The molecule has 0 bridgehead atoms. The molecule has 0 saturated carbocycles. The monoisotopic (exact) mass is 365 g/mol. The Balaban J connectivity index is 1.64. The van der Waals surface area contributed by atoms with Crippen LogP contribution in [-0.4, -0.2) is 29.3 Å². The van der Waals surface area contributed by atoms with Gasteiger partial charge in [-0.2, -0.15) is 5.10 Å². The molecule has 1 aliphatic heterocycles. The summed E-state index contributed by atoms with van der Waals surface area (Å²) in [4.78, 5) is 14.5. The van der Waals surface area contributed by atoms with Gasteiger partial charge in [-0.05, 0) is 67.3 Å². The number of rotatable bonds is 3. The standard InChI is InChI=1S/C21H20FN3O2/c1-14-12-15-4-3-10-24(20(15)18(22)13-14)21(26)19-9-11-25(23-19)16-5-7-17(27-2)8-6-16/h5-9,11-13H,3-4,10H2,1-2H3. The molecule has 6 heteroatoms. The van der Waals surface area contributed by atoms with Crippen LogP contribution in [0.2, 0.25) is 0 Å². The number of methoxy groups -OCH3 is 1. The quantitative estimate of drug-likeness (QED) is 0.707. The van der Waals surface area contributed by atoms with Gasteiger partial charge in [0, 0.05) is 12.7 Å². The van der Waals surface area contributed by atoms with Gasteiger partial charge in [-0.15, -0.1) is 0 Å². The Morgan fingerprint density at radius 2 is 1.96 bits per heavy atom. The van der Waals surface area contributed by atoms with Crippen LogP contribution in [0.3, 0.4) is 0 Å². The van der Waals surface area contributed by atoms with Gasteiger partial charge >= 0.3 is 0 Å². The summed E-state index contributed by atoms with van der Waals surface area (Å²) < 4.78 is 21.4. The molecule has 0 aliphatic carbocycles. The van der Waals surface area contributed by atoms with Crippen molar-refractivity contribution in [3.05, 3.63) is 71.3 Å².